The number of nitriles is 1. The molecule has 39 heavy (non-hydrogen) atoms. The van der Waals surface area contributed by atoms with Crippen molar-refractivity contribution in [3.05, 3.63) is 29.8 Å². The number of benzene rings is 1. The highest BCUT2D eigenvalue weighted by atomic mass is 19.4. The van der Waals surface area contributed by atoms with E-state index < -0.39 is 52.9 Å². The Morgan fingerprint density at radius 2 is 1.85 bits per heavy atom. The van der Waals surface area contributed by atoms with Crippen molar-refractivity contribution < 1.29 is 32.3 Å². The summed E-state index contributed by atoms with van der Waals surface area (Å²) < 4.78 is 39.1. The van der Waals surface area contributed by atoms with Crippen LogP contribution in [0.4, 0.5) is 18.9 Å². The summed E-state index contributed by atoms with van der Waals surface area (Å²) in [5.74, 6) is -4.15. The highest BCUT2D eigenvalue weighted by Gasteiger charge is 2.57. The number of carbonyl (C=O) groups excluding carboxylic acids is 4. The number of rotatable bonds is 6. The molecular formula is C27H34F3N5O4. The molecule has 1 saturated heterocycles. The summed E-state index contributed by atoms with van der Waals surface area (Å²) in [7, 11) is 1.30. The van der Waals surface area contributed by atoms with Gasteiger partial charge in [0.1, 0.15) is 18.1 Å². The maximum Gasteiger partial charge on any atom is 0.471 e. The summed E-state index contributed by atoms with van der Waals surface area (Å²) in [4.78, 5) is 54.7. The Labute approximate surface area is 225 Å². The zero-order chi connectivity index (χ0) is 29.5. The van der Waals surface area contributed by atoms with Crippen molar-refractivity contribution in [3.8, 4) is 6.07 Å². The van der Waals surface area contributed by atoms with Crippen LogP contribution in [0, 0.1) is 22.7 Å². The molecule has 9 nitrogen and oxygen atoms in total. The van der Waals surface area contributed by atoms with E-state index in [1.807, 2.05) is 13.8 Å². The van der Waals surface area contributed by atoms with Gasteiger partial charge in [-0.2, -0.15) is 18.4 Å². The predicted molar refractivity (Wildman–Crippen MR) is 136 cm³/mol. The van der Waals surface area contributed by atoms with Crippen LogP contribution in [0.2, 0.25) is 0 Å². The number of para-hydroxylation sites is 1. The molecule has 1 aromatic rings. The lowest BCUT2D eigenvalue weighted by Crippen LogP contribution is -2.60. The van der Waals surface area contributed by atoms with Gasteiger partial charge in [-0.25, -0.2) is 0 Å². The number of halogens is 3. The van der Waals surface area contributed by atoms with Crippen molar-refractivity contribution in [3.63, 3.8) is 0 Å². The van der Waals surface area contributed by atoms with E-state index in [-0.39, 0.29) is 31.2 Å². The van der Waals surface area contributed by atoms with Crippen molar-refractivity contribution in [2.75, 3.05) is 18.9 Å². The first-order valence-corrected chi connectivity index (χ1v) is 12.7. The number of hydrogen-bond donors (Lipinski definition) is 2. The zero-order valence-electron chi connectivity index (χ0n) is 22.8. The molecule has 2 heterocycles. The summed E-state index contributed by atoms with van der Waals surface area (Å²) in [5.41, 5.74) is -0.964. The SMILES string of the molecule is CC(C)C[C@@H](C(=O)N1C[C@]2(C[C@H]1C#N)C(=O)Nc1ccccc12)N(C)C(=O)C(NC(=O)C(F)(F)F)C(C)(C)C. The molecular weight excluding hydrogens is 515 g/mol. The monoisotopic (exact) mass is 549 g/mol. The second kappa shape index (κ2) is 10.5. The molecule has 1 aromatic carbocycles. The molecule has 1 unspecified atom stereocenters. The van der Waals surface area contributed by atoms with Gasteiger partial charge < -0.3 is 20.4 Å². The van der Waals surface area contributed by atoms with Gasteiger partial charge >= 0.3 is 12.1 Å². The summed E-state index contributed by atoms with van der Waals surface area (Å²) in [6, 6.07) is 5.46. The highest BCUT2D eigenvalue weighted by Crippen LogP contribution is 2.46. The second-order valence-electron chi connectivity index (χ2n) is 11.8. The van der Waals surface area contributed by atoms with E-state index in [1.165, 1.54) is 32.7 Å². The first-order chi connectivity index (χ1) is 17.9. The number of fused-ring (bicyclic) bond motifs is 2. The topological polar surface area (TPSA) is 123 Å². The van der Waals surface area contributed by atoms with Crippen LogP contribution in [-0.2, 0) is 24.6 Å². The molecule has 212 valence electrons. The van der Waals surface area contributed by atoms with E-state index in [1.54, 1.807) is 29.6 Å². The molecule has 0 aromatic heterocycles. The van der Waals surface area contributed by atoms with Crippen molar-refractivity contribution in [2.24, 2.45) is 11.3 Å². The molecule has 2 aliphatic rings. The fourth-order valence-corrected chi connectivity index (χ4v) is 5.27. The van der Waals surface area contributed by atoms with Crippen LogP contribution in [0.5, 0.6) is 0 Å². The lowest BCUT2D eigenvalue weighted by Gasteiger charge is -2.38. The fourth-order valence-electron chi connectivity index (χ4n) is 5.27. The van der Waals surface area contributed by atoms with Gasteiger partial charge in [-0.3, -0.25) is 19.2 Å². The van der Waals surface area contributed by atoms with Crippen LogP contribution in [0.1, 0.15) is 53.0 Å². The first kappa shape index (κ1) is 29.9. The van der Waals surface area contributed by atoms with Gasteiger partial charge in [-0.05, 0) is 29.4 Å². The van der Waals surface area contributed by atoms with Crippen molar-refractivity contribution in [2.45, 2.75) is 77.2 Å². The summed E-state index contributed by atoms with van der Waals surface area (Å²) in [6.07, 6.45) is -4.98. The minimum atomic E-state index is -5.20. The minimum Gasteiger partial charge on any atom is -0.336 e. The van der Waals surface area contributed by atoms with Crippen molar-refractivity contribution >= 4 is 29.3 Å². The third kappa shape index (κ3) is 5.72. The molecule has 2 aliphatic heterocycles. The lowest BCUT2D eigenvalue weighted by molar-refractivity contribution is -0.176. The Bertz CT molecular complexity index is 1200. The number of carbonyl (C=O) groups is 4. The smallest absolute Gasteiger partial charge is 0.336 e. The molecule has 0 radical (unpaired) electrons. The maximum atomic E-state index is 14.0. The largest absolute Gasteiger partial charge is 0.471 e. The average molecular weight is 550 g/mol. The van der Waals surface area contributed by atoms with E-state index >= 15 is 0 Å². The van der Waals surface area contributed by atoms with Crippen LogP contribution in [-0.4, -0.2) is 71.3 Å². The van der Waals surface area contributed by atoms with E-state index in [0.717, 1.165) is 4.90 Å². The third-order valence-electron chi connectivity index (χ3n) is 7.36. The zero-order valence-corrected chi connectivity index (χ0v) is 22.8. The Kier molecular flexibility index (Phi) is 8.06. The molecule has 4 atom stereocenters. The number of likely N-dealkylation sites (N-methyl/N-ethyl adjacent to an activating group) is 1. The Morgan fingerprint density at radius 1 is 1.23 bits per heavy atom. The quantitative estimate of drug-likeness (QED) is 0.565. The van der Waals surface area contributed by atoms with Crippen molar-refractivity contribution in [1.82, 2.24) is 15.1 Å². The van der Waals surface area contributed by atoms with Gasteiger partial charge in [0.25, 0.3) is 0 Å². The van der Waals surface area contributed by atoms with Gasteiger partial charge in [0.15, 0.2) is 0 Å². The van der Waals surface area contributed by atoms with E-state index in [2.05, 4.69) is 11.4 Å². The predicted octanol–water partition coefficient (Wildman–Crippen LogP) is 2.97. The molecule has 2 N–H and O–H groups in total. The van der Waals surface area contributed by atoms with E-state index in [4.69, 9.17) is 0 Å². The van der Waals surface area contributed by atoms with Gasteiger partial charge in [0.05, 0.1) is 11.5 Å². The molecule has 1 fully saturated rings. The van der Waals surface area contributed by atoms with Gasteiger partial charge in [0.2, 0.25) is 17.7 Å². The number of amides is 4. The number of anilines is 1. The minimum absolute atomic E-state index is 0.0659. The molecule has 1 spiro atoms. The molecule has 0 aliphatic carbocycles. The molecule has 0 bridgehead atoms. The number of nitrogens with zero attached hydrogens (tertiary/aromatic N) is 3. The highest BCUT2D eigenvalue weighted by molar-refractivity contribution is 6.07. The molecule has 4 amide bonds. The van der Waals surface area contributed by atoms with Crippen LogP contribution in [0.25, 0.3) is 0 Å². The van der Waals surface area contributed by atoms with Crippen LogP contribution >= 0.6 is 0 Å². The molecule has 12 heteroatoms. The Hall–Kier alpha value is -3.62. The van der Waals surface area contributed by atoms with Crippen molar-refractivity contribution in [1.29, 1.82) is 5.26 Å². The summed E-state index contributed by atoms with van der Waals surface area (Å²) in [5, 5.41) is 14.5. The van der Waals surface area contributed by atoms with Crippen LogP contribution in [0.3, 0.4) is 0 Å². The Morgan fingerprint density at radius 3 is 2.38 bits per heavy atom. The third-order valence-corrected chi connectivity index (χ3v) is 7.36. The number of nitrogens with one attached hydrogen (secondary N) is 2. The Balaban J connectivity index is 1.95. The number of hydrogen-bond acceptors (Lipinski definition) is 5. The van der Waals surface area contributed by atoms with E-state index in [0.29, 0.717) is 11.3 Å². The fraction of sp³-hybridized carbons (Fsp3) is 0.593. The standard InChI is InChI=1S/C27H34F3N5O4/c1-15(2)11-19(34(6)22(37)20(25(3,4)5)33-24(39)27(28,29)30)21(36)35-14-26(12-16(35)13-31)17-9-7-8-10-18(17)32-23(26)38/h7-10,15-16,19-20H,11-12,14H2,1-6H3,(H,32,38)(H,33,39)/t16-,19-,20?,26-/m0/s1. The van der Waals surface area contributed by atoms with Gasteiger partial charge in [0, 0.05) is 25.7 Å². The normalized spacial score (nSPS) is 22.2. The van der Waals surface area contributed by atoms with Gasteiger partial charge in [-0.1, -0.05) is 52.8 Å². The van der Waals surface area contributed by atoms with E-state index in [9.17, 15) is 37.6 Å². The number of likely N-dealkylation sites (tertiary alicyclic amines) is 1. The molecule has 3 rings (SSSR count). The second-order valence-corrected chi connectivity index (χ2v) is 11.8. The van der Waals surface area contributed by atoms with Crippen LogP contribution in [0.15, 0.2) is 24.3 Å². The summed E-state index contributed by atoms with van der Waals surface area (Å²) in [6.45, 7) is 8.07. The average Bonchev–Trinajstić information content (AvgIpc) is 3.36. The number of alkyl halides is 3. The maximum absolute atomic E-state index is 14.0. The lowest BCUT2D eigenvalue weighted by atomic mass is 9.80. The first-order valence-electron chi connectivity index (χ1n) is 12.7. The molecule has 0 saturated carbocycles. The van der Waals surface area contributed by atoms with Crippen LogP contribution < -0.4 is 10.6 Å². The van der Waals surface area contributed by atoms with Gasteiger partial charge in [-0.15, -0.1) is 0 Å². The summed E-state index contributed by atoms with van der Waals surface area (Å²) >= 11 is 0.